The van der Waals surface area contributed by atoms with Crippen molar-refractivity contribution in [3.05, 3.63) is 114 Å². The van der Waals surface area contributed by atoms with Gasteiger partial charge in [0.05, 0.1) is 18.9 Å². The van der Waals surface area contributed by atoms with Crippen molar-refractivity contribution in [3.63, 3.8) is 0 Å². The van der Waals surface area contributed by atoms with Crippen molar-refractivity contribution in [1.29, 1.82) is 0 Å². The average Bonchev–Trinajstić information content (AvgIpc) is 3.91. The van der Waals surface area contributed by atoms with Crippen molar-refractivity contribution in [1.82, 2.24) is 51.7 Å². The van der Waals surface area contributed by atoms with Crippen LogP contribution in [0.15, 0.2) is 85.3 Å². The number of amides is 9. The molecule has 0 aliphatic heterocycles. The van der Waals surface area contributed by atoms with Gasteiger partial charge in [-0.15, -0.1) is 0 Å². The van der Waals surface area contributed by atoms with Gasteiger partial charge in [0.1, 0.15) is 48.5 Å². The molecule has 0 fully saturated rings. The summed E-state index contributed by atoms with van der Waals surface area (Å²) in [5, 5.41) is 28.3. The summed E-state index contributed by atoms with van der Waals surface area (Å²) in [5.41, 5.74) is 12.4. The lowest BCUT2D eigenvalue weighted by Crippen LogP contribution is -2.58. The topological polar surface area (TPSA) is 331 Å². The van der Waals surface area contributed by atoms with Gasteiger partial charge in [-0.3, -0.25) is 48.1 Å². The molecule has 2 aromatic heterocycles. The normalized spacial score (nSPS) is 13.5. The molecule has 0 unspecified atom stereocenters. The molecule has 428 valence electrons. The number of benzene rings is 2. The van der Waals surface area contributed by atoms with E-state index in [0.717, 1.165) is 23.8 Å². The van der Waals surface area contributed by atoms with Gasteiger partial charge in [0.15, 0.2) is 0 Å². The lowest BCUT2D eigenvalue weighted by atomic mass is 9.82. The number of hydrogen-bond donors (Lipinski definition) is 10. The maximum atomic E-state index is 15.4. The number of halogens is 2. The van der Waals surface area contributed by atoms with Crippen LogP contribution in [0.1, 0.15) is 96.5 Å². The zero-order valence-electron chi connectivity index (χ0n) is 45.4. The maximum absolute atomic E-state index is 15.4. The number of primary amides is 1. The van der Waals surface area contributed by atoms with Crippen LogP contribution in [0.2, 0.25) is 0 Å². The summed E-state index contributed by atoms with van der Waals surface area (Å²) in [6.07, 6.45) is 4.87. The van der Waals surface area contributed by atoms with Crippen LogP contribution in [-0.4, -0.2) is 136 Å². The van der Waals surface area contributed by atoms with E-state index < -0.39 is 119 Å². The van der Waals surface area contributed by atoms with E-state index in [1.54, 1.807) is 29.0 Å². The second-order valence-corrected chi connectivity index (χ2v) is 20.2. The standard InChI is InChI=1S/C55H74F2N12O10/c1-33(63-47(73)26-36-17-21-60-22-18-36)50(75)64-34(2)51(76)67-44(29-46(59)72)54(79)66-43(53(78)62-24-23-61-52(77)42(65-35(3)71)14-10-11-20-58)19-25-69(48(74)32-70)49(55(4,5)6)45-27-38(40-28-39(56)15-16-41(40)57)31-68(45)30-37-12-8-7-9-13-37/h7-9,12-13,15-18,21-22,27-28,31,33-34,42-44,49,70H,10-11,14,19-20,23-26,29-30,32,58H2,1-6H3,(H2,59,72)(H,61,77)(H,62,78)(H,63,73)(H,64,75)(H,65,71)(H,66,79)(H,67,76)/t33-,34+,42-,43-,44-,49-/m0/s1. The first-order chi connectivity index (χ1) is 37.4. The first kappa shape index (κ1) is 63.4. The van der Waals surface area contributed by atoms with E-state index >= 15 is 4.39 Å². The molecular weight excluding hydrogens is 1030 g/mol. The molecule has 6 atom stereocenters. The quantitative estimate of drug-likeness (QED) is 0.0329. The number of pyridine rings is 1. The molecule has 4 aromatic rings. The molecule has 2 aromatic carbocycles. The molecule has 0 aliphatic rings. The summed E-state index contributed by atoms with van der Waals surface area (Å²) in [4.78, 5) is 125. The van der Waals surface area contributed by atoms with Crippen molar-refractivity contribution in [3.8, 4) is 11.1 Å². The van der Waals surface area contributed by atoms with Gasteiger partial charge in [-0.25, -0.2) is 8.78 Å². The zero-order chi connectivity index (χ0) is 58.4. The van der Waals surface area contributed by atoms with E-state index in [-0.39, 0.29) is 50.1 Å². The summed E-state index contributed by atoms with van der Waals surface area (Å²) in [6.45, 7) is 8.24. The Bertz CT molecular complexity index is 2740. The number of nitrogens with two attached hydrogens (primary N) is 2. The van der Waals surface area contributed by atoms with Crippen LogP contribution in [0.25, 0.3) is 11.1 Å². The summed E-state index contributed by atoms with van der Waals surface area (Å²) < 4.78 is 31.8. The Morgan fingerprint density at radius 1 is 0.722 bits per heavy atom. The monoisotopic (exact) mass is 1100 g/mol. The van der Waals surface area contributed by atoms with Crippen LogP contribution in [-0.2, 0) is 56.1 Å². The van der Waals surface area contributed by atoms with Crippen LogP contribution in [0.3, 0.4) is 0 Å². The van der Waals surface area contributed by atoms with E-state index in [4.69, 9.17) is 11.5 Å². The molecular formula is C55H74F2N12O10. The maximum Gasteiger partial charge on any atom is 0.248 e. The third-order valence-electron chi connectivity index (χ3n) is 12.6. The van der Waals surface area contributed by atoms with Gasteiger partial charge < -0.3 is 63.3 Å². The highest BCUT2D eigenvalue weighted by Crippen LogP contribution is 2.41. The molecule has 22 nitrogen and oxygen atoms in total. The Hall–Kier alpha value is -8.12. The molecule has 2 heterocycles. The van der Waals surface area contributed by atoms with Gasteiger partial charge in [0.25, 0.3) is 0 Å². The average molecular weight is 1100 g/mol. The molecule has 4 rings (SSSR count). The van der Waals surface area contributed by atoms with E-state index in [1.807, 2.05) is 51.1 Å². The first-order valence-corrected chi connectivity index (χ1v) is 25.9. The van der Waals surface area contributed by atoms with Crippen molar-refractivity contribution in [2.24, 2.45) is 16.9 Å². The van der Waals surface area contributed by atoms with E-state index in [1.165, 1.54) is 38.1 Å². The second kappa shape index (κ2) is 30.7. The largest absolute Gasteiger partial charge is 0.387 e. The minimum atomic E-state index is -1.73. The first-order valence-electron chi connectivity index (χ1n) is 25.9. The number of aliphatic hydroxyl groups is 1. The molecule has 24 heteroatoms. The van der Waals surface area contributed by atoms with Crippen LogP contribution >= 0.6 is 0 Å². The molecule has 0 bridgehead atoms. The second-order valence-electron chi connectivity index (χ2n) is 20.2. The van der Waals surface area contributed by atoms with Gasteiger partial charge in [0, 0.05) is 68.5 Å². The third-order valence-corrected chi connectivity index (χ3v) is 12.6. The van der Waals surface area contributed by atoms with E-state index in [9.17, 15) is 52.6 Å². The molecule has 0 saturated heterocycles. The summed E-state index contributed by atoms with van der Waals surface area (Å²) >= 11 is 0. The van der Waals surface area contributed by atoms with Crippen molar-refractivity contribution in [2.75, 3.05) is 32.8 Å². The minimum absolute atomic E-state index is 0.0526. The molecule has 0 spiro atoms. The Balaban J connectivity index is 1.66. The van der Waals surface area contributed by atoms with Crippen LogP contribution in [0.4, 0.5) is 8.78 Å². The molecule has 9 amide bonds. The molecule has 79 heavy (non-hydrogen) atoms. The number of carbonyl (C=O) groups is 9. The van der Waals surface area contributed by atoms with Crippen LogP contribution in [0, 0.1) is 17.0 Å². The fraction of sp³-hybridized carbons (Fsp3) is 0.455. The van der Waals surface area contributed by atoms with Crippen LogP contribution < -0.4 is 48.7 Å². The summed E-state index contributed by atoms with van der Waals surface area (Å²) in [7, 11) is 0. The van der Waals surface area contributed by atoms with Gasteiger partial charge in [-0.2, -0.15) is 0 Å². The molecule has 12 N–H and O–H groups in total. The smallest absolute Gasteiger partial charge is 0.248 e. The third kappa shape index (κ3) is 20.3. The SMILES string of the molecule is CC(=O)N[C@@H](CCCCN)C(=O)NCCNC(=O)[C@H](CCN(C(=O)CO)[C@@H](c1cc(-c2cc(F)ccc2F)cn1Cc1ccccc1)C(C)(C)C)NC(=O)[C@H](CC(N)=O)NC(=O)[C@@H](C)NC(=O)[C@H](C)NC(=O)Cc1ccncc1. The Morgan fingerprint density at radius 2 is 1.33 bits per heavy atom. The van der Waals surface area contributed by atoms with Gasteiger partial charge in [0.2, 0.25) is 53.2 Å². The van der Waals surface area contributed by atoms with Crippen LogP contribution in [0.5, 0.6) is 0 Å². The lowest BCUT2D eigenvalue weighted by Gasteiger charge is -2.41. The summed E-state index contributed by atoms with van der Waals surface area (Å²) in [5.74, 6) is -8.36. The minimum Gasteiger partial charge on any atom is -0.387 e. The molecule has 0 aliphatic carbocycles. The van der Waals surface area contributed by atoms with E-state index in [2.05, 4.69) is 42.2 Å². The molecule has 0 saturated carbocycles. The Labute approximate surface area is 458 Å². The fourth-order valence-electron chi connectivity index (χ4n) is 8.69. The van der Waals surface area contributed by atoms with Crippen molar-refractivity contribution < 1.29 is 57.0 Å². The number of aromatic nitrogens is 2. The number of unbranched alkanes of at least 4 members (excludes halogenated alkanes) is 1. The summed E-state index contributed by atoms with van der Waals surface area (Å²) in [6, 6.07) is 9.48. The highest BCUT2D eigenvalue weighted by atomic mass is 19.1. The van der Waals surface area contributed by atoms with Crippen molar-refractivity contribution >= 4 is 53.2 Å². The number of nitrogens with one attached hydrogen (secondary N) is 7. The van der Waals surface area contributed by atoms with Crippen molar-refractivity contribution in [2.45, 2.75) is 123 Å². The number of nitrogens with zero attached hydrogens (tertiary/aromatic N) is 3. The fourth-order valence-corrected chi connectivity index (χ4v) is 8.69. The van der Waals surface area contributed by atoms with Gasteiger partial charge in [-0.1, -0.05) is 51.1 Å². The van der Waals surface area contributed by atoms with E-state index in [0.29, 0.717) is 37.1 Å². The van der Waals surface area contributed by atoms with Gasteiger partial charge in [-0.05, 0) is 99.0 Å². The van der Waals surface area contributed by atoms with Gasteiger partial charge >= 0.3 is 0 Å². The molecule has 0 radical (unpaired) electrons. The highest BCUT2D eigenvalue weighted by molar-refractivity contribution is 5.97. The Kier molecular flexibility index (Phi) is 24.7. The highest BCUT2D eigenvalue weighted by Gasteiger charge is 2.39. The number of carbonyl (C=O) groups excluding carboxylic acids is 9. The number of hydrogen-bond acceptors (Lipinski definition) is 12. The zero-order valence-corrected chi connectivity index (χ0v) is 45.4. The predicted octanol–water partition coefficient (Wildman–Crippen LogP) is 1.14. The number of rotatable bonds is 30. The lowest BCUT2D eigenvalue weighted by molar-refractivity contribution is -0.140. The number of aliphatic hydroxyl groups excluding tert-OH is 1. The predicted molar refractivity (Wildman–Crippen MR) is 288 cm³/mol. The Morgan fingerprint density at radius 3 is 1.92 bits per heavy atom.